The third-order valence-corrected chi connectivity index (χ3v) is 5.88. The molecule has 1 saturated heterocycles. The summed E-state index contributed by atoms with van der Waals surface area (Å²) in [6, 6.07) is 10.9. The molecule has 1 fully saturated rings. The third kappa shape index (κ3) is 5.66. The van der Waals surface area contributed by atoms with E-state index in [4.69, 9.17) is 9.15 Å². The normalized spacial score (nSPS) is 14.4. The van der Waals surface area contributed by atoms with E-state index >= 15 is 0 Å². The lowest BCUT2D eigenvalue weighted by molar-refractivity contribution is -0.137. The molecule has 0 aliphatic carbocycles. The van der Waals surface area contributed by atoms with Crippen molar-refractivity contribution in [2.45, 2.75) is 18.3 Å². The molecule has 1 N–H and O–H groups in total. The summed E-state index contributed by atoms with van der Waals surface area (Å²) in [4.78, 5) is 14.5. The van der Waals surface area contributed by atoms with Gasteiger partial charge in [-0.2, -0.15) is 13.2 Å². The lowest BCUT2D eigenvalue weighted by atomic mass is 10.1. The van der Waals surface area contributed by atoms with Gasteiger partial charge in [-0.25, -0.2) is 0 Å². The molecule has 1 amide bonds. The first-order chi connectivity index (χ1) is 15.8. The fourth-order valence-corrected chi connectivity index (χ4v) is 3.96. The van der Waals surface area contributed by atoms with Gasteiger partial charge in [0.25, 0.3) is 5.22 Å². The second kappa shape index (κ2) is 9.84. The molecule has 0 bridgehead atoms. The van der Waals surface area contributed by atoms with Gasteiger partial charge in [0.05, 0.1) is 35.9 Å². The van der Waals surface area contributed by atoms with Crippen LogP contribution in [0.3, 0.4) is 0 Å². The van der Waals surface area contributed by atoms with Crippen LogP contribution in [-0.4, -0.2) is 48.2 Å². The molecule has 11 heteroatoms. The molecule has 1 aliphatic rings. The van der Waals surface area contributed by atoms with Crippen LogP contribution in [0.25, 0.3) is 11.5 Å². The maximum atomic E-state index is 13.2. The number of hydrogen-bond donors (Lipinski definition) is 1. The smallest absolute Gasteiger partial charge is 0.411 e. The Balaban J connectivity index is 1.46. The molecular formula is C22H21F3N4O3S. The zero-order chi connectivity index (χ0) is 23.4. The minimum Gasteiger partial charge on any atom is -0.411 e. The predicted octanol–water partition coefficient (Wildman–Crippen LogP) is 4.63. The first kappa shape index (κ1) is 23.1. The van der Waals surface area contributed by atoms with Crippen LogP contribution >= 0.6 is 11.8 Å². The number of hydrogen-bond acceptors (Lipinski definition) is 7. The lowest BCUT2D eigenvalue weighted by Crippen LogP contribution is -2.37. The van der Waals surface area contributed by atoms with E-state index in [1.165, 1.54) is 6.07 Å². The number of nitrogens with one attached hydrogen (secondary N) is 1. The summed E-state index contributed by atoms with van der Waals surface area (Å²) in [5.74, 6) is -0.248. The fourth-order valence-electron chi connectivity index (χ4n) is 3.40. The summed E-state index contributed by atoms with van der Waals surface area (Å²) in [7, 11) is 0. The number of nitrogens with zero attached hydrogens (tertiary/aromatic N) is 3. The highest BCUT2D eigenvalue weighted by Crippen LogP contribution is 2.36. The number of carbonyl (C=O) groups is 1. The van der Waals surface area contributed by atoms with Crippen molar-refractivity contribution in [2.24, 2.45) is 0 Å². The SMILES string of the molecule is Cc1ccccc1-c1nnc(SCC(=O)Nc2cc(C(F)(F)F)ccc2N2CCOCC2)o1. The Labute approximate surface area is 192 Å². The number of alkyl halides is 3. The van der Waals surface area contributed by atoms with Crippen molar-refractivity contribution in [3.8, 4) is 11.5 Å². The zero-order valence-electron chi connectivity index (χ0n) is 17.7. The highest BCUT2D eigenvalue weighted by Gasteiger charge is 2.32. The number of halogens is 3. The Morgan fingerprint density at radius 2 is 1.91 bits per heavy atom. The maximum absolute atomic E-state index is 13.2. The molecular weight excluding hydrogens is 457 g/mol. The van der Waals surface area contributed by atoms with Crippen LogP contribution in [0, 0.1) is 6.92 Å². The summed E-state index contributed by atoms with van der Waals surface area (Å²) in [5.41, 5.74) is 1.55. The highest BCUT2D eigenvalue weighted by atomic mass is 32.2. The summed E-state index contributed by atoms with van der Waals surface area (Å²) < 4.78 is 50.7. The van der Waals surface area contributed by atoms with Gasteiger partial charge in [0, 0.05) is 18.7 Å². The standard InChI is InChI=1S/C22H21F3N4O3S/c1-14-4-2-3-5-16(14)20-27-28-21(32-20)33-13-19(30)26-17-12-15(22(23,24)25)6-7-18(17)29-8-10-31-11-9-29/h2-7,12H,8-11,13H2,1H3,(H,26,30). The van der Waals surface area contributed by atoms with Crippen LogP contribution < -0.4 is 10.2 Å². The number of aryl methyl sites for hydroxylation is 1. The predicted molar refractivity (Wildman–Crippen MR) is 118 cm³/mol. The molecule has 2 aromatic carbocycles. The van der Waals surface area contributed by atoms with Gasteiger partial charge in [-0.1, -0.05) is 30.0 Å². The Bertz CT molecular complexity index is 1130. The van der Waals surface area contributed by atoms with E-state index in [0.29, 0.717) is 37.9 Å². The number of rotatable bonds is 6. The van der Waals surface area contributed by atoms with Gasteiger partial charge in [-0.15, -0.1) is 10.2 Å². The molecule has 1 aromatic heterocycles. The third-order valence-electron chi connectivity index (χ3n) is 5.06. The fraction of sp³-hybridized carbons (Fsp3) is 0.318. The number of ether oxygens (including phenoxy) is 1. The van der Waals surface area contributed by atoms with Gasteiger partial charge < -0.3 is 19.4 Å². The molecule has 0 atom stereocenters. The quantitative estimate of drug-likeness (QED) is 0.518. The van der Waals surface area contributed by atoms with Gasteiger partial charge >= 0.3 is 6.18 Å². The Kier molecular flexibility index (Phi) is 6.89. The molecule has 0 spiro atoms. The first-order valence-electron chi connectivity index (χ1n) is 10.2. The minimum absolute atomic E-state index is 0.100. The average molecular weight is 478 g/mol. The average Bonchev–Trinajstić information content (AvgIpc) is 3.27. The molecule has 2 heterocycles. The number of morpholine rings is 1. The van der Waals surface area contributed by atoms with Crippen LogP contribution in [0.1, 0.15) is 11.1 Å². The number of aromatic nitrogens is 2. The molecule has 4 rings (SSSR count). The highest BCUT2D eigenvalue weighted by molar-refractivity contribution is 7.99. The molecule has 174 valence electrons. The summed E-state index contributed by atoms with van der Waals surface area (Å²) in [5, 5.41) is 10.8. The van der Waals surface area contributed by atoms with Crippen LogP contribution in [0.15, 0.2) is 52.1 Å². The van der Waals surface area contributed by atoms with Crippen molar-refractivity contribution in [3.63, 3.8) is 0 Å². The summed E-state index contributed by atoms with van der Waals surface area (Å²) >= 11 is 1.01. The van der Waals surface area contributed by atoms with Crippen molar-refractivity contribution < 1.29 is 27.1 Å². The molecule has 0 saturated carbocycles. The van der Waals surface area contributed by atoms with Gasteiger partial charge in [-0.3, -0.25) is 4.79 Å². The molecule has 0 unspecified atom stereocenters. The number of anilines is 2. The monoisotopic (exact) mass is 478 g/mol. The maximum Gasteiger partial charge on any atom is 0.416 e. The van der Waals surface area contributed by atoms with Crippen molar-refractivity contribution in [3.05, 3.63) is 53.6 Å². The summed E-state index contributed by atoms with van der Waals surface area (Å²) in [6.45, 7) is 3.88. The second-order valence-corrected chi connectivity index (χ2v) is 8.28. The number of amides is 1. The van der Waals surface area contributed by atoms with Gasteiger partial charge in [0.1, 0.15) is 0 Å². The lowest BCUT2D eigenvalue weighted by Gasteiger charge is -2.31. The van der Waals surface area contributed by atoms with E-state index in [-0.39, 0.29) is 16.7 Å². The Morgan fingerprint density at radius 3 is 2.64 bits per heavy atom. The second-order valence-electron chi connectivity index (χ2n) is 7.35. The zero-order valence-corrected chi connectivity index (χ0v) is 18.5. The van der Waals surface area contributed by atoms with Gasteiger partial charge in [0.2, 0.25) is 11.8 Å². The van der Waals surface area contributed by atoms with E-state index in [0.717, 1.165) is 35.0 Å². The largest absolute Gasteiger partial charge is 0.416 e. The number of carbonyl (C=O) groups excluding carboxylic acids is 1. The van der Waals surface area contributed by atoms with Crippen molar-refractivity contribution in [2.75, 3.05) is 42.3 Å². The van der Waals surface area contributed by atoms with E-state index in [1.807, 2.05) is 36.1 Å². The molecule has 7 nitrogen and oxygen atoms in total. The minimum atomic E-state index is -4.52. The van der Waals surface area contributed by atoms with E-state index in [1.54, 1.807) is 0 Å². The Hall–Kier alpha value is -3.05. The summed E-state index contributed by atoms with van der Waals surface area (Å²) in [6.07, 6.45) is -4.52. The molecule has 1 aliphatic heterocycles. The van der Waals surface area contributed by atoms with Crippen LogP contribution in [-0.2, 0) is 15.7 Å². The topological polar surface area (TPSA) is 80.5 Å². The van der Waals surface area contributed by atoms with Gasteiger partial charge in [-0.05, 0) is 36.8 Å². The van der Waals surface area contributed by atoms with E-state index < -0.39 is 17.6 Å². The molecule has 0 radical (unpaired) electrons. The van der Waals surface area contributed by atoms with E-state index in [9.17, 15) is 18.0 Å². The number of benzene rings is 2. The Morgan fingerprint density at radius 1 is 1.15 bits per heavy atom. The first-order valence-corrected chi connectivity index (χ1v) is 11.2. The molecule has 3 aromatic rings. The van der Waals surface area contributed by atoms with Crippen LogP contribution in [0.5, 0.6) is 0 Å². The van der Waals surface area contributed by atoms with Crippen LogP contribution in [0.2, 0.25) is 0 Å². The molecule has 33 heavy (non-hydrogen) atoms. The van der Waals surface area contributed by atoms with E-state index in [2.05, 4.69) is 15.5 Å². The van der Waals surface area contributed by atoms with Crippen molar-refractivity contribution in [1.29, 1.82) is 0 Å². The van der Waals surface area contributed by atoms with Crippen molar-refractivity contribution in [1.82, 2.24) is 10.2 Å². The van der Waals surface area contributed by atoms with Crippen molar-refractivity contribution >= 4 is 29.0 Å². The van der Waals surface area contributed by atoms with Gasteiger partial charge in [0.15, 0.2) is 0 Å². The number of thioether (sulfide) groups is 1. The van der Waals surface area contributed by atoms with Crippen LogP contribution in [0.4, 0.5) is 24.5 Å².